The van der Waals surface area contributed by atoms with Crippen LogP contribution in [0.1, 0.15) is 48.9 Å². The van der Waals surface area contributed by atoms with Crippen LogP contribution in [0.15, 0.2) is 24.3 Å². The predicted molar refractivity (Wildman–Crippen MR) is 135 cm³/mol. The predicted octanol–water partition coefficient (Wildman–Crippen LogP) is 3.64. The number of anilines is 1. The second-order valence-electron chi connectivity index (χ2n) is 9.56. The van der Waals surface area contributed by atoms with Gasteiger partial charge < -0.3 is 15.0 Å². The number of ether oxygens (including phenoxy) is 1. The summed E-state index contributed by atoms with van der Waals surface area (Å²) in [5.74, 6) is 1.53. The molecule has 1 aromatic carbocycles. The lowest BCUT2D eigenvalue weighted by Crippen LogP contribution is -2.52. The van der Waals surface area contributed by atoms with Gasteiger partial charge in [0.05, 0.1) is 19.2 Å². The molecule has 0 unspecified atom stereocenters. The van der Waals surface area contributed by atoms with E-state index < -0.39 is 0 Å². The Morgan fingerprint density at radius 1 is 1.06 bits per heavy atom. The molecule has 0 radical (unpaired) electrons. The first-order chi connectivity index (χ1) is 16.9. The van der Waals surface area contributed by atoms with E-state index in [1.807, 2.05) is 47.6 Å². The van der Waals surface area contributed by atoms with Crippen molar-refractivity contribution in [3.05, 3.63) is 41.1 Å². The summed E-state index contributed by atoms with van der Waals surface area (Å²) in [6, 6.07) is 9.79. The maximum absolute atomic E-state index is 13.0. The number of hydrogen-bond donors (Lipinski definition) is 1. The molecule has 2 fully saturated rings. The van der Waals surface area contributed by atoms with Crippen LogP contribution in [0.25, 0.3) is 5.69 Å². The number of nitriles is 1. The van der Waals surface area contributed by atoms with E-state index in [1.165, 1.54) is 6.42 Å². The zero-order valence-corrected chi connectivity index (χ0v) is 21.0. The molecule has 8 nitrogen and oxygen atoms in total. The van der Waals surface area contributed by atoms with Gasteiger partial charge in [0.15, 0.2) is 0 Å². The molecule has 35 heavy (non-hydrogen) atoms. The topological polar surface area (TPSA) is 90.6 Å². The number of aromatic nitrogens is 1. The van der Waals surface area contributed by atoms with Crippen LogP contribution >= 0.6 is 0 Å². The molecule has 1 aliphatic heterocycles. The van der Waals surface area contributed by atoms with Gasteiger partial charge in [0.2, 0.25) is 11.8 Å². The van der Waals surface area contributed by atoms with E-state index in [0.717, 1.165) is 48.4 Å². The molecule has 1 saturated heterocycles. The SMILES string of the molecule is COc1ccc(-n2c(C)c(C)c(C#N)c2NC(=O)CN2CCN(C(=O)C3CCCCC3)CC2)cc1. The fraction of sp³-hybridized carbons (Fsp3) is 0.519. The van der Waals surface area contributed by atoms with Crippen LogP contribution in [0.2, 0.25) is 0 Å². The van der Waals surface area contributed by atoms with E-state index in [4.69, 9.17) is 4.74 Å². The van der Waals surface area contributed by atoms with Crippen LogP contribution in [0.5, 0.6) is 5.75 Å². The summed E-state index contributed by atoms with van der Waals surface area (Å²) in [7, 11) is 1.62. The molecule has 1 aromatic heterocycles. The van der Waals surface area contributed by atoms with Crippen molar-refractivity contribution in [3.8, 4) is 17.5 Å². The number of methoxy groups -OCH3 is 1. The van der Waals surface area contributed by atoms with Gasteiger partial charge in [-0.2, -0.15) is 5.26 Å². The highest BCUT2D eigenvalue weighted by Crippen LogP contribution is 2.31. The number of nitrogens with zero attached hydrogens (tertiary/aromatic N) is 4. The fourth-order valence-corrected chi connectivity index (χ4v) is 5.22. The Hall–Kier alpha value is -3.31. The van der Waals surface area contributed by atoms with Gasteiger partial charge in [-0.1, -0.05) is 19.3 Å². The van der Waals surface area contributed by atoms with Gasteiger partial charge >= 0.3 is 0 Å². The molecule has 0 spiro atoms. The third kappa shape index (κ3) is 5.35. The molecule has 2 aromatic rings. The van der Waals surface area contributed by atoms with E-state index in [1.54, 1.807) is 7.11 Å². The number of carbonyl (C=O) groups is 2. The molecule has 1 saturated carbocycles. The standard InChI is InChI=1S/C27H35N5O3/c1-19-20(2)32(22-9-11-23(35-3)12-10-22)26(24(19)17-28)29-25(33)18-30-13-15-31(16-14-30)27(34)21-7-5-4-6-8-21/h9-12,21H,4-8,13-16,18H2,1-3H3,(H,29,33). The quantitative estimate of drug-likeness (QED) is 0.686. The molecule has 0 bridgehead atoms. The first kappa shape index (κ1) is 24.8. The average molecular weight is 478 g/mol. The summed E-state index contributed by atoms with van der Waals surface area (Å²) in [5, 5.41) is 12.8. The van der Waals surface area contributed by atoms with Crippen molar-refractivity contribution in [1.29, 1.82) is 5.26 Å². The molecular weight excluding hydrogens is 442 g/mol. The van der Waals surface area contributed by atoms with E-state index in [2.05, 4.69) is 16.3 Å². The van der Waals surface area contributed by atoms with Crippen molar-refractivity contribution < 1.29 is 14.3 Å². The van der Waals surface area contributed by atoms with Crippen molar-refractivity contribution in [2.24, 2.45) is 5.92 Å². The van der Waals surface area contributed by atoms with Gasteiger partial charge in [0.25, 0.3) is 0 Å². The van der Waals surface area contributed by atoms with Gasteiger partial charge in [-0.15, -0.1) is 0 Å². The summed E-state index contributed by atoms with van der Waals surface area (Å²) >= 11 is 0. The lowest BCUT2D eigenvalue weighted by molar-refractivity contribution is -0.138. The second kappa shape index (κ2) is 11.0. The van der Waals surface area contributed by atoms with Crippen LogP contribution in [0.3, 0.4) is 0 Å². The fourth-order valence-electron chi connectivity index (χ4n) is 5.22. The molecule has 186 valence electrons. The molecule has 8 heteroatoms. The third-order valence-electron chi connectivity index (χ3n) is 7.42. The monoisotopic (exact) mass is 477 g/mol. The summed E-state index contributed by atoms with van der Waals surface area (Å²) in [6.07, 6.45) is 5.56. The van der Waals surface area contributed by atoms with Crippen molar-refractivity contribution >= 4 is 17.6 Å². The minimum Gasteiger partial charge on any atom is -0.497 e. The highest BCUT2D eigenvalue weighted by molar-refractivity contribution is 5.93. The maximum Gasteiger partial charge on any atom is 0.239 e. The summed E-state index contributed by atoms with van der Waals surface area (Å²) in [6.45, 7) is 6.73. The Labute approximate surface area is 207 Å². The number of amides is 2. The molecule has 1 aliphatic carbocycles. The van der Waals surface area contributed by atoms with E-state index in [9.17, 15) is 14.9 Å². The Morgan fingerprint density at radius 3 is 2.31 bits per heavy atom. The minimum absolute atomic E-state index is 0.166. The van der Waals surface area contributed by atoms with Crippen molar-refractivity contribution in [2.75, 3.05) is 45.2 Å². The van der Waals surface area contributed by atoms with Crippen LogP contribution in [0.4, 0.5) is 5.82 Å². The van der Waals surface area contributed by atoms with Crippen LogP contribution in [-0.4, -0.2) is 66.0 Å². The maximum atomic E-state index is 13.0. The van der Waals surface area contributed by atoms with Crippen molar-refractivity contribution in [1.82, 2.24) is 14.4 Å². The lowest BCUT2D eigenvalue weighted by atomic mass is 9.88. The van der Waals surface area contributed by atoms with Crippen molar-refractivity contribution in [2.45, 2.75) is 46.0 Å². The summed E-state index contributed by atoms with van der Waals surface area (Å²) < 4.78 is 7.17. The normalized spacial score (nSPS) is 17.1. The number of carbonyl (C=O) groups excluding carboxylic acids is 2. The Morgan fingerprint density at radius 2 is 1.71 bits per heavy atom. The average Bonchev–Trinajstić information content (AvgIpc) is 3.12. The number of rotatable bonds is 6. The van der Waals surface area contributed by atoms with E-state index in [0.29, 0.717) is 37.6 Å². The summed E-state index contributed by atoms with van der Waals surface area (Å²) in [4.78, 5) is 29.9. The van der Waals surface area contributed by atoms with Gasteiger partial charge in [0.1, 0.15) is 17.6 Å². The smallest absolute Gasteiger partial charge is 0.239 e. The first-order valence-corrected chi connectivity index (χ1v) is 12.5. The van der Waals surface area contributed by atoms with Crippen LogP contribution < -0.4 is 10.1 Å². The molecule has 2 amide bonds. The Bertz CT molecular complexity index is 1100. The largest absolute Gasteiger partial charge is 0.497 e. The molecule has 1 N–H and O–H groups in total. The number of benzene rings is 1. The van der Waals surface area contributed by atoms with Crippen LogP contribution in [-0.2, 0) is 9.59 Å². The van der Waals surface area contributed by atoms with Gasteiger partial charge in [0, 0.05) is 43.5 Å². The third-order valence-corrected chi connectivity index (χ3v) is 7.42. The van der Waals surface area contributed by atoms with Gasteiger partial charge in [-0.05, 0) is 56.5 Å². The van der Waals surface area contributed by atoms with Crippen LogP contribution in [0, 0.1) is 31.1 Å². The minimum atomic E-state index is -0.166. The van der Waals surface area contributed by atoms with Crippen molar-refractivity contribution in [3.63, 3.8) is 0 Å². The molecule has 0 atom stereocenters. The van der Waals surface area contributed by atoms with Gasteiger partial charge in [-0.25, -0.2) is 0 Å². The molecular formula is C27H35N5O3. The number of hydrogen-bond acceptors (Lipinski definition) is 5. The first-order valence-electron chi connectivity index (χ1n) is 12.5. The lowest BCUT2D eigenvalue weighted by Gasteiger charge is -2.36. The highest BCUT2D eigenvalue weighted by Gasteiger charge is 2.29. The van der Waals surface area contributed by atoms with E-state index >= 15 is 0 Å². The zero-order valence-electron chi connectivity index (χ0n) is 21.0. The molecule has 4 rings (SSSR count). The van der Waals surface area contributed by atoms with Gasteiger partial charge in [-0.3, -0.25) is 19.1 Å². The number of nitrogens with one attached hydrogen (secondary N) is 1. The highest BCUT2D eigenvalue weighted by atomic mass is 16.5. The van der Waals surface area contributed by atoms with E-state index in [-0.39, 0.29) is 24.3 Å². The Balaban J connectivity index is 1.41. The summed E-state index contributed by atoms with van der Waals surface area (Å²) in [5.41, 5.74) is 3.05. The molecule has 2 heterocycles. The number of piperazine rings is 1. The second-order valence-corrected chi connectivity index (χ2v) is 9.56. The zero-order chi connectivity index (χ0) is 24.9. The molecule has 2 aliphatic rings. The Kier molecular flexibility index (Phi) is 7.76.